The van der Waals surface area contributed by atoms with Crippen LogP contribution < -0.4 is 5.32 Å². The number of imide groups is 1. The van der Waals surface area contributed by atoms with Gasteiger partial charge in [-0.1, -0.05) is 0 Å². The molecule has 0 saturated carbocycles. The Kier molecular flexibility index (Phi) is 3.06. The highest BCUT2D eigenvalue weighted by molar-refractivity contribution is 6.01. The van der Waals surface area contributed by atoms with Crippen molar-refractivity contribution in [1.82, 2.24) is 10.2 Å². The molecule has 0 aliphatic carbocycles. The molecular weight excluding hydrogens is 188 g/mol. The van der Waals surface area contributed by atoms with Crippen molar-refractivity contribution in [2.75, 3.05) is 13.7 Å². The van der Waals surface area contributed by atoms with Crippen LogP contribution in [0.5, 0.6) is 0 Å². The van der Waals surface area contributed by atoms with E-state index in [-0.39, 0.29) is 18.9 Å². The topological polar surface area (TPSA) is 75.7 Å². The Balaban J connectivity index is 2.62. The second-order valence-corrected chi connectivity index (χ2v) is 2.91. The van der Waals surface area contributed by atoms with Crippen LogP contribution in [-0.4, -0.2) is 42.5 Å². The lowest BCUT2D eigenvalue weighted by molar-refractivity contribution is -0.148. The van der Waals surface area contributed by atoms with Crippen molar-refractivity contribution >= 4 is 17.9 Å². The molecule has 0 unspecified atom stereocenters. The lowest BCUT2D eigenvalue weighted by atomic mass is 10.1. The Bertz CT molecular complexity index is 259. The molecule has 1 fully saturated rings. The van der Waals surface area contributed by atoms with Crippen LogP contribution in [-0.2, 0) is 14.3 Å². The van der Waals surface area contributed by atoms with E-state index in [2.05, 4.69) is 10.1 Å². The van der Waals surface area contributed by atoms with Crippen LogP contribution in [0.25, 0.3) is 0 Å². The maximum Gasteiger partial charge on any atom is 0.329 e. The van der Waals surface area contributed by atoms with Crippen LogP contribution in [0.1, 0.15) is 13.3 Å². The maximum atomic E-state index is 11.2. The monoisotopic (exact) mass is 200 g/mol. The number of carbonyl (C=O) groups excluding carboxylic acids is 3. The highest BCUT2D eigenvalue weighted by Gasteiger charge is 2.34. The molecular formula is C8H12N2O4. The highest BCUT2D eigenvalue weighted by Crippen LogP contribution is 2.06. The summed E-state index contributed by atoms with van der Waals surface area (Å²) in [5.41, 5.74) is 0. The number of rotatable bonds is 2. The molecule has 0 aromatic heterocycles. The number of ether oxygens (including phenoxy) is 1. The van der Waals surface area contributed by atoms with Crippen LogP contribution in [0, 0.1) is 0 Å². The quantitative estimate of drug-likeness (QED) is 0.609. The zero-order valence-corrected chi connectivity index (χ0v) is 8.07. The van der Waals surface area contributed by atoms with E-state index in [0.29, 0.717) is 0 Å². The first-order chi connectivity index (χ1) is 6.56. The molecule has 0 bridgehead atoms. The Morgan fingerprint density at radius 2 is 2.29 bits per heavy atom. The summed E-state index contributed by atoms with van der Waals surface area (Å²) in [6.07, 6.45) is -0.0406. The van der Waals surface area contributed by atoms with E-state index in [4.69, 9.17) is 0 Å². The summed E-state index contributed by atoms with van der Waals surface area (Å²) in [7, 11) is 1.36. The summed E-state index contributed by atoms with van der Waals surface area (Å²) < 4.78 is 4.69. The third kappa shape index (κ3) is 2.01. The normalized spacial score (nSPS) is 21.9. The average Bonchev–Trinajstić information content (AvgIpc) is 2.13. The summed E-state index contributed by atoms with van der Waals surface area (Å²) in [6.45, 7) is 1.89. The Morgan fingerprint density at radius 3 is 2.79 bits per heavy atom. The van der Waals surface area contributed by atoms with Gasteiger partial charge in [0.2, 0.25) is 5.91 Å². The molecule has 1 saturated heterocycles. The number of nitrogens with zero attached hydrogens (tertiary/aromatic N) is 1. The van der Waals surface area contributed by atoms with Gasteiger partial charge < -0.3 is 10.1 Å². The van der Waals surface area contributed by atoms with E-state index in [9.17, 15) is 14.4 Å². The molecule has 3 amide bonds. The predicted octanol–water partition coefficient (Wildman–Crippen LogP) is -0.510. The second kappa shape index (κ2) is 4.08. The second-order valence-electron chi connectivity index (χ2n) is 2.91. The summed E-state index contributed by atoms with van der Waals surface area (Å²) >= 11 is 0. The van der Waals surface area contributed by atoms with Crippen molar-refractivity contribution in [2.24, 2.45) is 0 Å². The summed E-state index contributed by atoms with van der Waals surface area (Å²) in [5, 5.41) is 2.37. The maximum absolute atomic E-state index is 11.2. The van der Waals surface area contributed by atoms with Crippen LogP contribution in [0.2, 0.25) is 0 Å². The fraction of sp³-hybridized carbons (Fsp3) is 0.625. The van der Waals surface area contributed by atoms with Gasteiger partial charge in [0.15, 0.2) is 0 Å². The van der Waals surface area contributed by atoms with Gasteiger partial charge in [0.05, 0.1) is 13.0 Å². The van der Waals surface area contributed by atoms with E-state index in [1.807, 2.05) is 0 Å². The molecule has 0 aromatic rings. The number of hydrogen-bond donors (Lipinski definition) is 1. The van der Waals surface area contributed by atoms with Gasteiger partial charge in [-0.3, -0.25) is 9.69 Å². The highest BCUT2D eigenvalue weighted by atomic mass is 16.5. The van der Waals surface area contributed by atoms with Crippen LogP contribution >= 0.6 is 0 Å². The standard InChI is InChI=1S/C8H12N2O4/c1-3-14-7(12)5-4-6(11)10(2)8(13)9-5/h5H,3-4H2,1-2H3,(H,9,13)/t5-/m0/s1. The molecule has 1 heterocycles. The molecule has 6 heteroatoms. The van der Waals surface area contributed by atoms with Crippen molar-refractivity contribution in [2.45, 2.75) is 19.4 Å². The first kappa shape index (κ1) is 10.5. The minimum Gasteiger partial charge on any atom is -0.464 e. The third-order valence-corrected chi connectivity index (χ3v) is 1.93. The number of hydrogen-bond acceptors (Lipinski definition) is 4. The largest absolute Gasteiger partial charge is 0.464 e. The Morgan fingerprint density at radius 1 is 1.64 bits per heavy atom. The molecule has 6 nitrogen and oxygen atoms in total. The summed E-state index contributed by atoms with van der Waals surface area (Å²) in [4.78, 5) is 34.4. The van der Waals surface area contributed by atoms with Gasteiger partial charge >= 0.3 is 12.0 Å². The molecule has 1 N–H and O–H groups in total. The van der Waals surface area contributed by atoms with Gasteiger partial charge in [0.25, 0.3) is 0 Å². The lowest BCUT2D eigenvalue weighted by Crippen LogP contribution is -2.56. The number of nitrogens with one attached hydrogen (secondary N) is 1. The van der Waals surface area contributed by atoms with E-state index < -0.39 is 18.0 Å². The average molecular weight is 200 g/mol. The van der Waals surface area contributed by atoms with Gasteiger partial charge in [0, 0.05) is 7.05 Å². The molecule has 0 aromatic carbocycles. The van der Waals surface area contributed by atoms with Gasteiger partial charge in [-0.2, -0.15) is 0 Å². The first-order valence-electron chi connectivity index (χ1n) is 4.30. The predicted molar refractivity (Wildman–Crippen MR) is 46.3 cm³/mol. The minimum absolute atomic E-state index is 0.0406. The smallest absolute Gasteiger partial charge is 0.329 e. The van der Waals surface area contributed by atoms with E-state index in [1.54, 1.807) is 6.92 Å². The lowest BCUT2D eigenvalue weighted by Gasteiger charge is -2.27. The number of amides is 3. The zero-order chi connectivity index (χ0) is 10.7. The number of carbonyl (C=O) groups is 3. The van der Waals surface area contributed by atoms with Gasteiger partial charge in [-0.25, -0.2) is 9.59 Å². The van der Waals surface area contributed by atoms with E-state index in [1.165, 1.54) is 7.05 Å². The van der Waals surface area contributed by atoms with Crippen LogP contribution in [0.4, 0.5) is 4.79 Å². The van der Waals surface area contributed by atoms with Gasteiger partial charge in [-0.15, -0.1) is 0 Å². The molecule has 1 rings (SSSR count). The molecule has 1 atom stereocenters. The fourth-order valence-electron chi connectivity index (χ4n) is 1.11. The Labute approximate surface area is 81.2 Å². The summed E-state index contributed by atoms with van der Waals surface area (Å²) in [6, 6.07) is -1.41. The van der Waals surface area contributed by atoms with Crippen LogP contribution in [0.15, 0.2) is 0 Å². The number of esters is 1. The van der Waals surface area contributed by atoms with Crippen LogP contribution in [0.3, 0.4) is 0 Å². The molecule has 0 radical (unpaired) electrons. The van der Waals surface area contributed by atoms with Crippen molar-refractivity contribution in [1.29, 1.82) is 0 Å². The fourth-order valence-corrected chi connectivity index (χ4v) is 1.11. The van der Waals surface area contributed by atoms with Gasteiger partial charge in [-0.05, 0) is 6.92 Å². The third-order valence-electron chi connectivity index (χ3n) is 1.93. The summed E-state index contributed by atoms with van der Waals surface area (Å²) in [5.74, 6) is -0.950. The van der Waals surface area contributed by atoms with Crippen molar-refractivity contribution in [3.63, 3.8) is 0 Å². The molecule has 78 valence electrons. The van der Waals surface area contributed by atoms with E-state index >= 15 is 0 Å². The minimum atomic E-state index is -0.842. The molecule has 1 aliphatic heterocycles. The SMILES string of the molecule is CCOC(=O)[C@@H]1CC(=O)N(C)C(=O)N1. The zero-order valence-electron chi connectivity index (χ0n) is 8.07. The van der Waals surface area contributed by atoms with Crippen molar-refractivity contribution < 1.29 is 19.1 Å². The number of urea groups is 1. The van der Waals surface area contributed by atoms with E-state index in [0.717, 1.165) is 4.90 Å². The van der Waals surface area contributed by atoms with Crippen molar-refractivity contribution in [3.05, 3.63) is 0 Å². The molecule has 14 heavy (non-hydrogen) atoms. The molecule has 0 spiro atoms. The van der Waals surface area contributed by atoms with Gasteiger partial charge in [0.1, 0.15) is 6.04 Å². The molecule has 1 aliphatic rings. The first-order valence-corrected chi connectivity index (χ1v) is 4.30. The Hall–Kier alpha value is -1.59. The van der Waals surface area contributed by atoms with Crippen molar-refractivity contribution in [3.8, 4) is 0 Å².